The lowest BCUT2D eigenvalue weighted by atomic mass is 9.92. The molecule has 1 saturated heterocycles. The minimum Gasteiger partial charge on any atom is -0.326 e. The van der Waals surface area contributed by atoms with Crippen LogP contribution in [0.3, 0.4) is 0 Å². The van der Waals surface area contributed by atoms with Crippen LogP contribution < -0.4 is 5.73 Å². The summed E-state index contributed by atoms with van der Waals surface area (Å²) >= 11 is 0. The Morgan fingerprint density at radius 1 is 1.30 bits per heavy atom. The van der Waals surface area contributed by atoms with Crippen LogP contribution in [0.1, 0.15) is 37.4 Å². The second-order valence-electron chi connectivity index (χ2n) is 6.20. The molecule has 1 aliphatic rings. The SMILES string of the molecule is CCC(N)C(c1ccccc1C)N1CCN(C)C(C)C1. The Hall–Kier alpha value is -0.900. The first-order valence-corrected chi connectivity index (χ1v) is 7.80. The minimum absolute atomic E-state index is 0.201. The van der Waals surface area contributed by atoms with E-state index in [-0.39, 0.29) is 6.04 Å². The van der Waals surface area contributed by atoms with Crippen LogP contribution >= 0.6 is 0 Å². The fourth-order valence-electron chi connectivity index (χ4n) is 3.17. The highest BCUT2D eigenvalue weighted by Gasteiger charge is 2.31. The zero-order valence-corrected chi connectivity index (χ0v) is 13.3. The molecule has 0 saturated carbocycles. The van der Waals surface area contributed by atoms with Gasteiger partial charge in [0.25, 0.3) is 0 Å². The van der Waals surface area contributed by atoms with Gasteiger partial charge in [-0.05, 0) is 38.4 Å². The van der Waals surface area contributed by atoms with Gasteiger partial charge in [0, 0.05) is 31.7 Å². The highest BCUT2D eigenvalue weighted by molar-refractivity contribution is 5.30. The van der Waals surface area contributed by atoms with Crippen LogP contribution in [0.15, 0.2) is 24.3 Å². The summed E-state index contributed by atoms with van der Waals surface area (Å²) in [5, 5.41) is 0. The molecular weight excluding hydrogens is 246 g/mol. The molecule has 3 nitrogen and oxygen atoms in total. The lowest BCUT2D eigenvalue weighted by Crippen LogP contribution is -2.54. The number of piperazine rings is 1. The van der Waals surface area contributed by atoms with Crippen molar-refractivity contribution in [1.29, 1.82) is 0 Å². The van der Waals surface area contributed by atoms with Crippen molar-refractivity contribution in [3.05, 3.63) is 35.4 Å². The summed E-state index contributed by atoms with van der Waals surface area (Å²) in [6.07, 6.45) is 1.01. The van der Waals surface area contributed by atoms with Crippen molar-refractivity contribution in [3.8, 4) is 0 Å². The quantitative estimate of drug-likeness (QED) is 0.916. The third-order valence-electron chi connectivity index (χ3n) is 4.77. The number of likely N-dealkylation sites (N-methyl/N-ethyl adjacent to an activating group) is 1. The molecule has 1 heterocycles. The van der Waals surface area contributed by atoms with Gasteiger partial charge in [0.1, 0.15) is 0 Å². The maximum atomic E-state index is 6.47. The molecule has 0 radical (unpaired) electrons. The molecule has 112 valence electrons. The summed E-state index contributed by atoms with van der Waals surface area (Å²) < 4.78 is 0. The number of nitrogens with two attached hydrogens (primary N) is 1. The smallest absolute Gasteiger partial charge is 0.0502 e. The van der Waals surface area contributed by atoms with Gasteiger partial charge in [0.15, 0.2) is 0 Å². The third-order valence-corrected chi connectivity index (χ3v) is 4.77. The molecule has 3 atom stereocenters. The Labute approximate surface area is 123 Å². The zero-order chi connectivity index (χ0) is 14.7. The lowest BCUT2D eigenvalue weighted by molar-refractivity contribution is 0.0609. The van der Waals surface area contributed by atoms with Crippen LogP contribution in [-0.2, 0) is 0 Å². The molecule has 1 aliphatic heterocycles. The van der Waals surface area contributed by atoms with Crippen molar-refractivity contribution in [3.63, 3.8) is 0 Å². The predicted octanol–water partition coefficient (Wildman–Crippen LogP) is 2.41. The molecule has 0 aromatic heterocycles. The maximum Gasteiger partial charge on any atom is 0.0502 e. The Morgan fingerprint density at radius 2 is 2.00 bits per heavy atom. The molecule has 1 aromatic carbocycles. The average Bonchev–Trinajstić information content (AvgIpc) is 2.44. The van der Waals surface area contributed by atoms with Crippen molar-refractivity contribution in [1.82, 2.24) is 9.80 Å². The summed E-state index contributed by atoms with van der Waals surface area (Å²) in [5.41, 5.74) is 9.23. The second kappa shape index (κ2) is 6.70. The summed E-state index contributed by atoms with van der Waals surface area (Å²) in [6, 6.07) is 9.84. The molecule has 20 heavy (non-hydrogen) atoms. The number of rotatable bonds is 4. The summed E-state index contributed by atoms with van der Waals surface area (Å²) in [5.74, 6) is 0. The standard InChI is InChI=1S/C17H29N3/c1-5-16(18)17(15-9-7-6-8-13(15)2)20-11-10-19(4)14(3)12-20/h6-9,14,16-17H,5,10-12,18H2,1-4H3. The number of benzene rings is 1. The van der Waals surface area contributed by atoms with Gasteiger partial charge in [0.05, 0.1) is 6.04 Å². The Balaban J connectivity index is 2.27. The van der Waals surface area contributed by atoms with Crippen LogP contribution in [-0.4, -0.2) is 48.6 Å². The van der Waals surface area contributed by atoms with Crippen LogP contribution in [0.4, 0.5) is 0 Å². The Kier molecular flexibility index (Phi) is 5.19. The lowest BCUT2D eigenvalue weighted by Gasteiger charge is -2.44. The van der Waals surface area contributed by atoms with Gasteiger partial charge >= 0.3 is 0 Å². The van der Waals surface area contributed by atoms with E-state index in [9.17, 15) is 0 Å². The Morgan fingerprint density at radius 3 is 2.60 bits per heavy atom. The molecule has 0 bridgehead atoms. The average molecular weight is 275 g/mol. The van der Waals surface area contributed by atoms with Crippen molar-refractivity contribution >= 4 is 0 Å². The fourth-order valence-corrected chi connectivity index (χ4v) is 3.17. The van der Waals surface area contributed by atoms with E-state index in [1.54, 1.807) is 0 Å². The van der Waals surface area contributed by atoms with Gasteiger partial charge < -0.3 is 10.6 Å². The first kappa shape index (κ1) is 15.5. The molecule has 3 unspecified atom stereocenters. The van der Waals surface area contributed by atoms with E-state index in [1.165, 1.54) is 11.1 Å². The molecule has 1 fully saturated rings. The molecule has 0 spiro atoms. The van der Waals surface area contributed by atoms with Crippen molar-refractivity contribution < 1.29 is 0 Å². The van der Waals surface area contributed by atoms with Crippen LogP contribution in [0.5, 0.6) is 0 Å². The van der Waals surface area contributed by atoms with Gasteiger partial charge in [-0.2, -0.15) is 0 Å². The number of aryl methyl sites for hydroxylation is 1. The van der Waals surface area contributed by atoms with E-state index in [4.69, 9.17) is 5.73 Å². The van der Waals surface area contributed by atoms with Crippen molar-refractivity contribution in [2.24, 2.45) is 5.73 Å². The molecule has 0 amide bonds. The largest absolute Gasteiger partial charge is 0.326 e. The Bertz CT molecular complexity index is 432. The van der Waals surface area contributed by atoms with Gasteiger partial charge in [-0.1, -0.05) is 31.2 Å². The molecule has 1 aromatic rings. The van der Waals surface area contributed by atoms with E-state index >= 15 is 0 Å². The number of nitrogens with zero attached hydrogens (tertiary/aromatic N) is 2. The summed E-state index contributed by atoms with van der Waals surface area (Å²) in [6.45, 7) is 10.0. The third kappa shape index (κ3) is 3.22. The van der Waals surface area contributed by atoms with E-state index in [0.717, 1.165) is 26.1 Å². The van der Waals surface area contributed by atoms with Crippen LogP contribution in [0, 0.1) is 6.92 Å². The molecule has 0 aliphatic carbocycles. The molecule has 2 rings (SSSR count). The van der Waals surface area contributed by atoms with Gasteiger partial charge in [-0.25, -0.2) is 0 Å². The van der Waals surface area contributed by atoms with E-state index < -0.39 is 0 Å². The van der Waals surface area contributed by atoms with E-state index in [1.807, 2.05) is 0 Å². The summed E-state index contributed by atoms with van der Waals surface area (Å²) in [7, 11) is 2.21. The van der Waals surface area contributed by atoms with E-state index in [0.29, 0.717) is 12.1 Å². The first-order valence-electron chi connectivity index (χ1n) is 7.80. The monoisotopic (exact) mass is 275 g/mol. The zero-order valence-electron chi connectivity index (χ0n) is 13.3. The van der Waals surface area contributed by atoms with Crippen LogP contribution in [0.2, 0.25) is 0 Å². The highest BCUT2D eigenvalue weighted by atomic mass is 15.3. The molecule has 3 heteroatoms. The number of hydrogen-bond donors (Lipinski definition) is 1. The molecule has 2 N–H and O–H groups in total. The van der Waals surface area contributed by atoms with Gasteiger partial charge in [-0.3, -0.25) is 4.90 Å². The first-order chi connectivity index (χ1) is 9.54. The second-order valence-corrected chi connectivity index (χ2v) is 6.20. The van der Waals surface area contributed by atoms with Crippen LogP contribution in [0.25, 0.3) is 0 Å². The van der Waals surface area contributed by atoms with Gasteiger partial charge in [0.2, 0.25) is 0 Å². The van der Waals surface area contributed by atoms with Crippen molar-refractivity contribution in [2.75, 3.05) is 26.7 Å². The summed E-state index contributed by atoms with van der Waals surface area (Å²) in [4.78, 5) is 5.02. The minimum atomic E-state index is 0.201. The molecular formula is C17H29N3. The maximum absolute atomic E-state index is 6.47. The number of hydrogen-bond acceptors (Lipinski definition) is 3. The highest BCUT2D eigenvalue weighted by Crippen LogP contribution is 2.29. The predicted molar refractivity (Wildman–Crippen MR) is 85.9 cm³/mol. The fraction of sp³-hybridized carbons (Fsp3) is 0.647. The van der Waals surface area contributed by atoms with Crippen molar-refractivity contribution in [2.45, 2.75) is 45.3 Å². The van der Waals surface area contributed by atoms with E-state index in [2.05, 4.69) is 61.9 Å². The van der Waals surface area contributed by atoms with Gasteiger partial charge in [-0.15, -0.1) is 0 Å². The topological polar surface area (TPSA) is 32.5 Å². The normalized spacial score (nSPS) is 24.6.